The van der Waals surface area contributed by atoms with Crippen LogP contribution in [0.4, 0.5) is 10.8 Å². The number of carbonyl (C=O) groups is 1. The van der Waals surface area contributed by atoms with E-state index in [9.17, 15) is 4.79 Å². The van der Waals surface area contributed by atoms with Gasteiger partial charge in [-0.15, -0.1) is 11.3 Å². The Morgan fingerprint density at radius 3 is 2.96 bits per heavy atom. The van der Waals surface area contributed by atoms with Crippen LogP contribution < -0.4 is 10.2 Å². The Labute approximate surface area is 148 Å². The van der Waals surface area contributed by atoms with Crippen molar-refractivity contribution in [1.82, 2.24) is 9.97 Å². The van der Waals surface area contributed by atoms with Gasteiger partial charge < -0.3 is 10.2 Å². The highest BCUT2D eigenvalue weighted by atomic mass is 32.1. The van der Waals surface area contributed by atoms with Crippen LogP contribution >= 0.6 is 22.7 Å². The van der Waals surface area contributed by atoms with Crippen LogP contribution in [0.2, 0.25) is 0 Å². The number of carbonyl (C=O) groups excluding carboxylic acids is 1. The predicted molar refractivity (Wildman–Crippen MR) is 101 cm³/mol. The lowest BCUT2D eigenvalue weighted by Gasteiger charge is -2.11. The molecule has 0 bridgehead atoms. The quantitative estimate of drug-likeness (QED) is 0.760. The fourth-order valence-corrected chi connectivity index (χ4v) is 4.76. The number of amides is 1. The van der Waals surface area contributed by atoms with E-state index in [-0.39, 0.29) is 5.91 Å². The minimum atomic E-state index is -0.0852. The number of nitrogens with zero attached hydrogens (tertiary/aromatic N) is 3. The van der Waals surface area contributed by atoms with Crippen LogP contribution in [0.5, 0.6) is 0 Å². The van der Waals surface area contributed by atoms with Crippen molar-refractivity contribution in [2.75, 3.05) is 23.3 Å². The number of aryl methyl sites for hydroxylation is 1. The lowest BCUT2D eigenvalue weighted by molar-refractivity contribution is 0.102. The van der Waals surface area contributed by atoms with E-state index in [0.717, 1.165) is 46.2 Å². The maximum Gasteiger partial charge on any atom is 0.267 e. The molecule has 5 nitrogen and oxygen atoms in total. The highest BCUT2D eigenvalue weighted by molar-refractivity contribution is 7.22. The second kappa shape index (κ2) is 6.49. The average Bonchev–Trinajstić information content (AvgIpc) is 3.32. The highest BCUT2D eigenvalue weighted by Gasteiger charge is 2.17. The van der Waals surface area contributed by atoms with Crippen molar-refractivity contribution in [1.29, 1.82) is 0 Å². The molecule has 0 radical (unpaired) electrons. The summed E-state index contributed by atoms with van der Waals surface area (Å²) in [6, 6.07) is 5.91. The second-order valence-electron chi connectivity index (χ2n) is 5.81. The molecule has 0 unspecified atom stereocenters. The zero-order valence-corrected chi connectivity index (χ0v) is 15.0. The van der Waals surface area contributed by atoms with Gasteiger partial charge >= 0.3 is 0 Å². The number of rotatable bonds is 4. The van der Waals surface area contributed by atoms with Crippen LogP contribution in [0.3, 0.4) is 0 Å². The highest BCUT2D eigenvalue weighted by Crippen LogP contribution is 2.32. The van der Waals surface area contributed by atoms with E-state index in [1.165, 1.54) is 24.2 Å². The molecule has 3 aromatic rings. The summed E-state index contributed by atoms with van der Waals surface area (Å²) >= 11 is 3.08. The normalized spacial score (nSPS) is 14.5. The SMILES string of the molecule is CCc1ncsc1C(=O)Nc1ccc2nc(N3CCCC3)sc2c1. The molecule has 1 aromatic carbocycles. The van der Waals surface area contributed by atoms with Gasteiger partial charge in [0.15, 0.2) is 5.13 Å². The van der Waals surface area contributed by atoms with Crippen LogP contribution in [0.1, 0.15) is 35.1 Å². The first-order valence-electron chi connectivity index (χ1n) is 8.14. The molecule has 0 spiro atoms. The summed E-state index contributed by atoms with van der Waals surface area (Å²) in [7, 11) is 0. The minimum absolute atomic E-state index is 0.0852. The molecule has 124 valence electrons. The van der Waals surface area contributed by atoms with E-state index in [0.29, 0.717) is 4.88 Å². The van der Waals surface area contributed by atoms with Crippen LogP contribution in [-0.2, 0) is 6.42 Å². The maximum absolute atomic E-state index is 12.4. The van der Waals surface area contributed by atoms with Crippen LogP contribution in [0.25, 0.3) is 10.2 Å². The van der Waals surface area contributed by atoms with Crippen molar-refractivity contribution in [3.05, 3.63) is 34.3 Å². The summed E-state index contributed by atoms with van der Waals surface area (Å²) in [6.45, 7) is 4.19. The standard InChI is InChI=1S/C17H18N4OS2/c1-2-12-15(23-10-18-12)16(22)19-11-5-6-13-14(9-11)24-17(20-13)21-7-3-4-8-21/h5-6,9-10H,2-4,7-8H2,1H3,(H,19,22). The largest absolute Gasteiger partial charge is 0.348 e. The van der Waals surface area contributed by atoms with Crippen LogP contribution in [-0.4, -0.2) is 29.0 Å². The van der Waals surface area contributed by atoms with E-state index in [2.05, 4.69) is 15.2 Å². The smallest absolute Gasteiger partial charge is 0.267 e. The zero-order chi connectivity index (χ0) is 16.5. The summed E-state index contributed by atoms with van der Waals surface area (Å²) < 4.78 is 1.11. The summed E-state index contributed by atoms with van der Waals surface area (Å²) in [5.74, 6) is -0.0852. The van der Waals surface area contributed by atoms with Crippen molar-refractivity contribution in [3.8, 4) is 0 Å². The molecule has 24 heavy (non-hydrogen) atoms. The topological polar surface area (TPSA) is 58.1 Å². The van der Waals surface area contributed by atoms with E-state index in [1.807, 2.05) is 25.1 Å². The van der Waals surface area contributed by atoms with Gasteiger partial charge in [-0.1, -0.05) is 18.3 Å². The molecular weight excluding hydrogens is 340 g/mol. The molecule has 0 saturated carbocycles. The van der Waals surface area contributed by atoms with Crippen molar-refractivity contribution >= 4 is 49.6 Å². The number of anilines is 2. The molecule has 1 aliphatic rings. The fourth-order valence-electron chi connectivity index (χ4n) is 2.93. The van der Waals surface area contributed by atoms with Crippen molar-refractivity contribution < 1.29 is 4.79 Å². The van der Waals surface area contributed by atoms with Crippen LogP contribution in [0, 0.1) is 0 Å². The van der Waals surface area contributed by atoms with Crippen LogP contribution in [0.15, 0.2) is 23.7 Å². The fraction of sp³-hybridized carbons (Fsp3) is 0.353. The molecule has 1 aliphatic heterocycles. The Morgan fingerprint density at radius 2 is 2.17 bits per heavy atom. The summed E-state index contributed by atoms with van der Waals surface area (Å²) in [6.07, 6.45) is 3.25. The third kappa shape index (κ3) is 2.89. The number of benzene rings is 1. The number of fused-ring (bicyclic) bond motifs is 1. The molecule has 0 aliphatic carbocycles. The van der Waals surface area contributed by atoms with Gasteiger partial charge in [0.2, 0.25) is 0 Å². The predicted octanol–water partition coefficient (Wildman–Crippen LogP) is 4.17. The van der Waals surface area contributed by atoms with Gasteiger partial charge in [0.1, 0.15) is 4.88 Å². The molecule has 1 amide bonds. The van der Waals surface area contributed by atoms with Gasteiger partial charge in [-0.2, -0.15) is 0 Å². The van der Waals surface area contributed by atoms with Gasteiger partial charge in [-0.3, -0.25) is 4.79 Å². The number of hydrogen-bond acceptors (Lipinski definition) is 6. The molecular formula is C17H18N4OS2. The minimum Gasteiger partial charge on any atom is -0.348 e. The van der Waals surface area contributed by atoms with Gasteiger partial charge in [0, 0.05) is 18.8 Å². The zero-order valence-electron chi connectivity index (χ0n) is 13.4. The monoisotopic (exact) mass is 358 g/mol. The molecule has 1 saturated heterocycles. The molecule has 1 fully saturated rings. The molecule has 1 N–H and O–H groups in total. The second-order valence-corrected chi connectivity index (χ2v) is 7.67. The Bertz CT molecular complexity index is 880. The van der Waals surface area contributed by atoms with Gasteiger partial charge in [0.25, 0.3) is 5.91 Å². The van der Waals surface area contributed by atoms with Gasteiger partial charge in [-0.05, 0) is 37.5 Å². The first kappa shape index (κ1) is 15.5. The van der Waals surface area contributed by atoms with Crippen molar-refractivity contribution in [3.63, 3.8) is 0 Å². The maximum atomic E-state index is 12.4. The third-order valence-corrected chi connectivity index (χ3v) is 6.14. The summed E-state index contributed by atoms with van der Waals surface area (Å²) in [5.41, 5.74) is 4.38. The summed E-state index contributed by atoms with van der Waals surface area (Å²) in [5, 5.41) is 4.07. The lowest BCUT2D eigenvalue weighted by atomic mass is 10.2. The number of aromatic nitrogens is 2. The lowest BCUT2D eigenvalue weighted by Crippen LogP contribution is -2.16. The molecule has 2 aromatic heterocycles. The Kier molecular flexibility index (Phi) is 4.20. The first-order chi connectivity index (χ1) is 11.7. The molecule has 0 atom stereocenters. The number of nitrogens with one attached hydrogen (secondary N) is 1. The Morgan fingerprint density at radius 1 is 1.33 bits per heavy atom. The summed E-state index contributed by atoms with van der Waals surface area (Å²) in [4.78, 5) is 24.4. The number of thiazole rings is 2. The van der Waals surface area contributed by atoms with E-state index < -0.39 is 0 Å². The molecule has 3 heterocycles. The Balaban J connectivity index is 1.57. The van der Waals surface area contributed by atoms with E-state index in [4.69, 9.17) is 4.98 Å². The number of hydrogen-bond donors (Lipinski definition) is 1. The van der Waals surface area contributed by atoms with E-state index in [1.54, 1.807) is 16.8 Å². The molecule has 7 heteroatoms. The van der Waals surface area contributed by atoms with Gasteiger partial charge in [0.05, 0.1) is 21.4 Å². The Hall–Kier alpha value is -1.99. The van der Waals surface area contributed by atoms with E-state index >= 15 is 0 Å². The molecule has 4 rings (SSSR count). The average molecular weight is 358 g/mol. The van der Waals surface area contributed by atoms with Crippen molar-refractivity contribution in [2.24, 2.45) is 0 Å². The third-order valence-electron chi connectivity index (χ3n) is 4.19. The first-order valence-corrected chi connectivity index (χ1v) is 9.83. The van der Waals surface area contributed by atoms with Gasteiger partial charge in [-0.25, -0.2) is 9.97 Å². The van der Waals surface area contributed by atoms with Crippen molar-refractivity contribution in [2.45, 2.75) is 26.2 Å².